The molecule has 1 aliphatic heterocycles. The van der Waals surface area contributed by atoms with Crippen LogP contribution in [-0.4, -0.2) is 12.6 Å². The molecule has 0 atom stereocenters. The predicted octanol–water partition coefficient (Wildman–Crippen LogP) is 4.72. The molecule has 0 unspecified atom stereocenters. The minimum absolute atomic E-state index is 0.00967. The molecule has 2 aromatic rings. The summed E-state index contributed by atoms with van der Waals surface area (Å²) in [4.78, 5) is 12.0. The van der Waals surface area contributed by atoms with E-state index in [4.69, 9.17) is 9.47 Å². The number of ether oxygens (including phenoxy) is 2. The molecular formula is C18H13F3O3. The van der Waals surface area contributed by atoms with Crippen molar-refractivity contribution >= 4 is 11.9 Å². The van der Waals surface area contributed by atoms with Gasteiger partial charge in [-0.1, -0.05) is 30.4 Å². The number of hydrogen-bond donors (Lipinski definition) is 0. The molecule has 3 nitrogen and oxygen atoms in total. The van der Waals surface area contributed by atoms with E-state index in [2.05, 4.69) is 0 Å². The Hall–Kier alpha value is -2.76. The maximum absolute atomic E-state index is 12.7. The maximum atomic E-state index is 12.7. The number of fused-ring (bicyclic) bond motifs is 1. The lowest BCUT2D eigenvalue weighted by molar-refractivity contribution is -0.137. The highest BCUT2D eigenvalue weighted by Gasteiger charge is 2.30. The summed E-state index contributed by atoms with van der Waals surface area (Å²) in [6, 6.07) is 9.77. The highest BCUT2D eigenvalue weighted by molar-refractivity contribution is 5.97. The zero-order chi connectivity index (χ0) is 17.2. The first-order valence-electron chi connectivity index (χ1n) is 7.20. The zero-order valence-electron chi connectivity index (χ0n) is 12.5. The van der Waals surface area contributed by atoms with Crippen molar-refractivity contribution in [3.8, 4) is 11.5 Å². The average molecular weight is 334 g/mol. The number of carbonyl (C=O) groups is 1. The SMILES string of the molecule is O=C(C/C=C/c1ccc2c(c1)OCO2)c1cccc(C(F)(F)F)c1. The molecule has 0 radical (unpaired) electrons. The smallest absolute Gasteiger partial charge is 0.416 e. The first-order chi connectivity index (χ1) is 11.4. The summed E-state index contributed by atoms with van der Waals surface area (Å²) in [5.74, 6) is 0.909. The quantitative estimate of drug-likeness (QED) is 0.759. The van der Waals surface area contributed by atoms with Crippen LogP contribution in [-0.2, 0) is 6.18 Å². The van der Waals surface area contributed by atoms with E-state index in [9.17, 15) is 18.0 Å². The first kappa shape index (κ1) is 16.1. The Kier molecular flexibility index (Phi) is 4.29. The van der Waals surface area contributed by atoms with Crippen LogP contribution in [0.2, 0.25) is 0 Å². The number of allylic oxidation sites excluding steroid dienone is 1. The predicted molar refractivity (Wildman–Crippen MR) is 82.0 cm³/mol. The Balaban J connectivity index is 1.67. The second kappa shape index (κ2) is 6.39. The van der Waals surface area contributed by atoms with Gasteiger partial charge in [0.15, 0.2) is 17.3 Å². The topological polar surface area (TPSA) is 35.5 Å². The Morgan fingerprint density at radius 1 is 1.08 bits per heavy atom. The highest BCUT2D eigenvalue weighted by atomic mass is 19.4. The Bertz CT molecular complexity index is 794. The van der Waals surface area contributed by atoms with Crippen LogP contribution < -0.4 is 9.47 Å². The lowest BCUT2D eigenvalue weighted by atomic mass is 10.0. The van der Waals surface area contributed by atoms with E-state index < -0.39 is 11.7 Å². The van der Waals surface area contributed by atoms with Crippen molar-refractivity contribution in [2.75, 3.05) is 6.79 Å². The lowest BCUT2D eigenvalue weighted by Gasteiger charge is -2.07. The molecule has 6 heteroatoms. The molecule has 0 amide bonds. The van der Waals surface area contributed by atoms with Crippen LogP contribution >= 0.6 is 0 Å². The van der Waals surface area contributed by atoms with Crippen LogP contribution in [0.3, 0.4) is 0 Å². The van der Waals surface area contributed by atoms with Gasteiger partial charge in [0.2, 0.25) is 6.79 Å². The minimum Gasteiger partial charge on any atom is -0.454 e. The average Bonchev–Trinajstić information content (AvgIpc) is 3.02. The third-order valence-corrected chi connectivity index (χ3v) is 3.52. The second-order valence-electron chi connectivity index (χ2n) is 5.22. The molecule has 0 aliphatic carbocycles. The number of benzene rings is 2. The summed E-state index contributed by atoms with van der Waals surface area (Å²) < 4.78 is 48.5. The van der Waals surface area contributed by atoms with Crippen LogP contribution in [0.4, 0.5) is 13.2 Å². The second-order valence-corrected chi connectivity index (χ2v) is 5.22. The van der Waals surface area contributed by atoms with Gasteiger partial charge in [-0.3, -0.25) is 4.79 Å². The first-order valence-corrected chi connectivity index (χ1v) is 7.20. The van der Waals surface area contributed by atoms with Crippen molar-refractivity contribution < 1.29 is 27.4 Å². The van der Waals surface area contributed by atoms with Gasteiger partial charge >= 0.3 is 6.18 Å². The van der Waals surface area contributed by atoms with Crippen molar-refractivity contribution in [2.24, 2.45) is 0 Å². The molecule has 124 valence electrons. The van der Waals surface area contributed by atoms with E-state index >= 15 is 0 Å². The Morgan fingerprint density at radius 2 is 1.88 bits per heavy atom. The monoisotopic (exact) mass is 334 g/mol. The fourth-order valence-electron chi connectivity index (χ4n) is 2.31. The molecule has 0 N–H and O–H groups in total. The Morgan fingerprint density at radius 3 is 2.67 bits per heavy atom. The van der Waals surface area contributed by atoms with Gasteiger partial charge in [-0.15, -0.1) is 0 Å². The number of ketones is 1. The summed E-state index contributed by atoms with van der Waals surface area (Å²) in [6.07, 6.45) is -1.12. The van der Waals surface area contributed by atoms with E-state index in [1.165, 1.54) is 12.1 Å². The number of halogens is 3. The summed E-state index contributed by atoms with van der Waals surface area (Å²) in [6.45, 7) is 0.177. The Labute approximate surface area is 136 Å². The van der Waals surface area contributed by atoms with E-state index in [1.54, 1.807) is 30.4 Å². The fraction of sp³-hybridized carbons (Fsp3) is 0.167. The number of carbonyl (C=O) groups excluding carboxylic acids is 1. The van der Waals surface area contributed by atoms with E-state index in [0.717, 1.165) is 17.7 Å². The van der Waals surface area contributed by atoms with Gasteiger partial charge in [0.1, 0.15) is 0 Å². The molecule has 0 saturated heterocycles. The molecule has 24 heavy (non-hydrogen) atoms. The number of rotatable bonds is 4. The molecule has 1 aliphatic rings. The van der Waals surface area contributed by atoms with E-state index in [1.807, 2.05) is 0 Å². The van der Waals surface area contributed by atoms with Crippen molar-refractivity contribution in [3.63, 3.8) is 0 Å². The van der Waals surface area contributed by atoms with Crippen molar-refractivity contribution in [2.45, 2.75) is 12.6 Å². The van der Waals surface area contributed by atoms with Gasteiger partial charge in [-0.2, -0.15) is 13.2 Å². The highest BCUT2D eigenvalue weighted by Crippen LogP contribution is 2.33. The van der Waals surface area contributed by atoms with Crippen LogP contribution in [0.25, 0.3) is 6.08 Å². The summed E-state index contributed by atoms with van der Waals surface area (Å²) >= 11 is 0. The van der Waals surface area contributed by atoms with Gasteiger partial charge in [0.25, 0.3) is 0 Å². The van der Waals surface area contributed by atoms with Gasteiger partial charge < -0.3 is 9.47 Å². The standard InChI is InChI=1S/C18H13F3O3/c19-18(20,21)14-5-2-4-13(10-14)15(22)6-1-3-12-7-8-16-17(9-12)24-11-23-16/h1-5,7-10H,6,11H2/b3-1+. The molecule has 3 rings (SSSR count). The molecule has 0 bridgehead atoms. The van der Waals surface area contributed by atoms with Crippen LogP contribution in [0, 0.1) is 0 Å². The molecular weight excluding hydrogens is 321 g/mol. The normalized spacial score (nSPS) is 13.5. The molecule has 2 aromatic carbocycles. The van der Waals surface area contributed by atoms with Crippen LogP contribution in [0.15, 0.2) is 48.5 Å². The number of hydrogen-bond acceptors (Lipinski definition) is 3. The van der Waals surface area contributed by atoms with Crippen molar-refractivity contribution in [1.29, 1.82) is 0 Å². The van der Waals surface area contributed by atoms with Gasteiger partial charge in [0, 0.05) is 12.0 Å². The summed E-state index contributed by atoms with van der Waals surface area (Å²) in [5, 5.41) is 0. The third-order valence-electron chi connectivity index (χ3n) is 3.52. The molecule has 0 saturated carbocycles. The largest absolute Gasteiger partial charge is 0.454 e. The van der Waals surface area contributed by atoms with E-state index in [-0.39, 0.29) is 24.6 Å². The molecule has 1 heterocycles. The third kappa shape index (κ3) is 3.59. The number of alkyl halides is 3. The van der Waals surface area contributed by atoms with Gasteiger partial charge in [-0.25, -0.2) is 0 Å². The minimum atomic E-state index is -4.46. The molecule has 0 spiro atoms. The fourth-order valence-corrected chi connectivity index (χ4v) is 2.31. The van der Waals surface area contributed by atoms with Gasteiger partial charge in [-0.05, 0) is 29.8 Å². The lowest BCUT2D eigenvalue weighted by Crippen LogP contribution is -2.07. The van der Waals surface area contributed by atoms with Crippen molar-refractivity contribution in [1.82, 2.24) is 0 Å². The molecule has 0 fully saturated rings. The summed E-state index contributed by atoms with van der Waals surface area (Å²) in [5.41, 5.74) is 0.0318. The van der Waals surface area contributed by atoms with E-state index in [0.29, 0.717) is 11.5 Å². The maximum Gasteiger partial charge on any atom is 0.416 e. The van der Waals surface area contributed by atoms with Crippen LogP contribution in [0.1, 0.15) is 27.9 Å². The van der Waals surface area contributed by atoms with Crippen molar-refractivity contribution in [3.05, 3.63) is 65.2 Å². The zero-order valence-corrected chi connectivity index (χ0v) is 12.5. The molecule has 0 aromatic heterocycles. The summed E-state index contributed by atoms with van der Waals surface area (Å²) in [7, 11) is 0. The number of Topliss-reactive ketones (excluding diaryl/α,β-unsaturated/α-hetero) is 1. The van der Waals surface area contributed by atoms with Crippen LogP contribution in [0.5, 0.6) is 11.5 Å². The van der Waals surface area contributed by atoms with Gasteiger partial charge in [0.05, 0.1) is 5.56 Å².